The van der Waals surface area contributed by atoms with Crippen molar-refractivity contribution in [3.05, 3.63) is 41.7 Å². The third kappa shape index (κ3) is 1.52. The van der Waals surface area contributed by atoms with Crippen molar-refractivity contribution < 1.29 is 0 Å². The summed E-state index contributed by atoms with van der Waals surface area (Å²) in [5.41, 5.74) is 4.83. The van der Waals surface area contributed by atoms with Crippen LogP contribution in [0.25, 0.3) is 21.8 Å². The first-order chi connectivity index (χ1) is 8.48. The molecule has 1 aromatic carbocycles. The van der Waals surface area contributed by atoms with E-state index in [-0.39, 0.29) is 5.41 Å². The molecule has 0 spiro atoms. The Bertz CT molecular complexity index is 730. The van der Waals surface area contributed by atoms with Crippen molar-refractivity contribution in [1.82, 2.24) is 9.97 Å². The van der Waals surface area contributed by atoms with Gasteiger partial charge in [-0.25, -0.2) is 0 Å². The lowest BCUT2D eigenvalue weighted by molar-refractivity contribution is 0.593. The second-order valence-corrected chi connectivity index (χ2v) is 5.93. The molecule has 0 aliphatic carbocycles. The molecule has 0 atom stereocenters. The highest BCUT2D eigenvalue weighted by Crippen LogP contribution is 2.35. The third-order valence-electron chi connectivity index (χ3n) is 3.53. The predicted octanol–water partition coefficient (Wildman–Crippen LogP) is 4.32. The molecule has 0 unspecified atom stereocenters. The van der Waals surface area contributed by atoms with Crippen molar-refractivity contribution in [3.63, 3.8) is 0 Å². The number of benzene rings is 1. The van der Waals surface area contributed by atoms with Crippen LogP contribution in [0.5, 0.6) is 0 Å². The average Bonchev–Trinajstić information content (AvgIpc) is 2.68. The molecule has 0 aliphatic heterocycles. The lowest BCUT2D eigenvalue weighted by Crippen LogP contribution is -2.12. The number of nitrogens with zero attached hydrogens (tertiary/aromatic N) is 1. The zero-order valence-corrected chi connectivity index (χ0v) is 11.3. The molecule has 18 heavy (non-hydrogen) atoms. The smallest absolute Gasteiger partial charge is 0.0684 e. The van der Waals surface area contributed by atoms with E-state index in [4.69, 9.17) is 0 Å². The highest BCUT2D eigenvalue weighted by Gasteiger charge is 2.20. The van der Waals surface area contributed by atoms with Gasteiger partial charge < -0.3 is 4.98 Å². The van der Waals surface area contributed by atoms with Gasteiger partial charge in [0, 0.05) is 22.5 Å². The molecule has 1 N–H and O–H groups in total. The predicted molar refractivity (Wildman–Crippen MR) is 77.0 cm³/mol. The Labute approximate surface area is 107 Å². The van der Waals surface area contributed by atoms with Crippen LogP contribution in [-0.2, 0) is 5.41 Å². The van der Waals surface area contributed by atoms with E-state index < -0.39 is 0 Å². The van der Waals surface area contributed by atoms with Crippen LogP contribution < -0.4 is 0 Å². The van der Waals surface area contributed by atoms with Gasteiger partial charge in [-0.1, -0.05) is 39.0 Å². The van der Waals surface area contributed by atoms with Gasteiger partial charge in [0.1, 0.15) is 0 Å². The lowest BCUT2D eigenvalue weighted by Gasteiger charge is -2.20. The fourth-order valence-corrected chi connectivity index (χ4v) is 2.55. The Balaban J connectivity index is 2.56. The summed E-state index contributed by atoms with van der Waals surface area (Å²) in [5.74, 6) is 0. The van der Waals surface area contributed by atoms with E-state index in [9.17, 15) is 0 Å². The molecule has 3 aromatic rings. The zero-order valence-electron chi connectivity index (χ0n) is 11.3. The number of rotatable bonds is 0. The molecule has 0 saturated heterocycles. The van der Waals surface area contributed by atoms with Crippen LogP contribution >= 0.6 is 0 Å². The highest BCUT2D eigenvalue weighted by atomic mass is 14.8. The normalized spacial score (nSPS) is 12.4. The molecule has 2 nitrogen and oxygen atoms in total. The van der Waals surface area contributed by atoms with Gasteiger partial charge in [-0.05, 0) is 24.0 Å². The van der Waals surface area contributed by atoms with Gasteiger partial charge in [0.25, 0.3) is 0 Å². The summed E-state index contributed by atoms with van der Waals surface area (Å²) in [7, 11) is 0. The molecule has 0 amide bonds. The van der Waals surface area contributed by atoms with Crippen LogP contribution in [0.3, 0.4) is 0 Å². The van der Waals surface area contributed by atoms with Gasteiger partial charge >= 0.3 is 0 Å². The summed E-state index contributed by atoms with van der Waals surface area (Å²) in [4.78, 5) is 8.03. The minimum Gasteiger partial charge on any atom is -0.353 e. The van der Waals surface area contributed by atoms with E-state index in [0.29, 0.717) is 0 Å². The second kappa shape index (κ2) is 3.58. The van der Waals surface area contributed by atoms with Gasteiger partial charge in [0.05, 0.1) is 11.2 Å². The molecule has 0 bridgehead atoms. The first-order valence-corrected chi connectivity index (χ1v) is 6.35. The minimum atomic E-state index is 0.101. The maximum absolute atomic E-state index is 4.54. The molecule has 0 radical (unpaired) electrons. The fourth-order valence-electron chi connectivity index (χ4n) is 2.55. The molecule has 92 valence electrons. The number of aromatic nitrogens is 2. The van der Waals surface area contributed by atoms with Gasteiger partial charge in [-0.15, -0.1) is 0 Å². The summed E-state index contributed by atoms with van der Waals surface area (Å²) in [6.07, 6.45) is 2.03. The Morgan fingerprint density at radius 1 is 1.11 bits per heavy atom. The number of aryl methyl sites for hydroxylation is 1. The minimum absolute atomic E-state index is 0.101. The Hall–Kier alpha value is -1.83. The van der Waals surface area contributed by atoms with Crippen molar-refractivity contribution in [2.45, 2.75) is 33.1 Å². The van der Waals surface area contributed by atoms with Crippen molar-refractivity contribution in [2.75, 3.05) is 0 Å². The van der Waals surface area contributed by atoms with Crippen LogP contribution in [0.4, 0.5) is 0 Å². The SMILES string of the molecule is Cc1ncc(C(C)(C)C)c2c1[nH]c1ccccc12. The summed E-state index contributed by atoms with van der Waals surface area (Å²) >= 11 is 0. The number of aromatic amines is 1. The van der Waals surface area contributed by atoms with Gasteiger partial charge in [-0.2, -0.15) is 0 Å². The monoisotopic (exact) mass is 238 g/mol. The van der Waals surface area contributed by atoms with Crippen molar-refractivity contribution in [3.8, 4) is 0 Å². The lowest BCUT2D eigenvalue weighted by atomic mass is 9.85. The maximum atomic E-state index is 4.54. The first kappa shape index (κ1) is 11.3. The van der Waals surface area contributed by atoms with Crippen LogP contribution in [0, 0.1) is 6.92 Å². The second-order valence-electron chi connectivity index (χ2n) is 5.93. The molecule has 3 rings (SSSR count). The Morgan fingerprint density at radius 2 is 1.83 bits per heavy atom. The van der Waals surface area contributed by atoms with Gasteiger partial charge in [-0.3, -0.25) is 4.98 Å². The largest absolute Gasteiger partial charge is 0.353 e. The Kier molecular flexibility index (Phi) is 2.24. The highest BCUT2D eigenvalue weighted by molar-refractivity contribution is 6.09. The van der Waals surface area contributed by atoms with Crippen LogP contribution in [-0.4, -0.2) is 9.97 Å². The molecule has 2 aromatic heterocycles. The van der Waals surface area contributed by atoms with Crippen LogP contribution in [0.15, 0.2) is 30.5 Å². The van der Waals surface area contributed by atoms with Crippen molar-refractivity contribution in [1.29, 1.82) is 0 Å². The van der Waals surface area contributed by atoms with Gasteiger partial charge in [0.15, 0.2) is 0 Å². The average molecular weight is 238 g/mol. The van der Waals surface area contributed by atoms with E-state index in [1.54, 1.807) is 0 Å². The topological polar surface area (TPSA) is 28.7 Å². The number of hydrogen-bond acceptors (Lipinski definition) is 1. The van der Waals surface area contributed by atoms with Crippen LogP contribution in [0.2, 0.25) is 0 Å². The summed E-state index contributed by atoms with van der Waals surface area (Å²) < 4.78 is 0. The fraction of sp³-hybridized carbons (Fsp3) is 0.312. The molecule has 2 heteroatoms. The van der Waals surface area contributed by atoms with E-state index >= 15 is 0 Å². The number of hydrogen-bond donors (Lipinski definition) is 1. The van der Waals surface area contributed by atoms with E-state index in [1.165, 1.54) is 27.4 Å². The third-order valence-corrected chi connectivity index (χ3v) is 3.53. The Morgan fingerprint density at radius 3 is 2.56 bits per heavy atom. The zero-order chi connectivity index (χ0) is 12.9. The quantitative estimate of drug-likeness (QED) is 0.620. The summed E-state index contributed by atoms with van der Waals surface area (Å²) in [6, 6.07) is 8.47. The molecule has 0 saturated carbocycles. The summed E-state index contributed by atoms with van der Waals surface area (Å²) in [5, 5.41) is 2.62. The first-order valence-electron chi connectivity index (χ1n) is 6.35. The molecular weight excluding hydrogens is 220 g/mol. The van der Waals surface area contributed by atoms with Crippen molar-refractivity contribution in [2.24, 2.45) is 0 Å². The van der Waals surface area contributed by atoms with Crippen molar-refractivity contribution >= 4 is 21.8 Å². The number of nitrogens with one attached hydrogen (secondary N) is 1. The number of fused-ring (bicyclic) bond motifs is 3. The van der Waals surface area contributed by atoms with Crippen LogP contribution in [0.1, 0.15) is 32.0 Å². The molecule has 0 aliphatic rings. The molecular formula is C16H18N2. The molecule has 0 fully saturated rings. The standard InChI is InChI=1S/C16H18N2/c1-10-15-14(12(9-17-10)16(2,3)4)11-7-5-6-8-13(11)18-15/h5-9,18H,1-4H3. The van der Waals surface area contributed by atoms with E-state index in [0.717, 1.165) is 5.69 Å². The van der Waals surface area contributed by atoms with Gasteiger partial charge in [0.2, 0.25) is 0 Å². The number of H-pyrrole nitrogens is 1. The molecule has 2 heterocycles. The number of para-hydroxylation sites is 1. The number of pyridine rings is 1. The van der Waals surface area contributed by atoms with E-state index in [2.05, 4.69) is 61.9 Å². The maximum Gasteiger partial charge on any atom is 0.0684 e. The van der Waals surface area contributed by atoms with E-state index in [1.807, 2.05) is 6.20 Å². The summed E-state index contributed by atoms with van der Waals surface area (Å²) in [6.45, 7) is 8.77.